The van der Waals surface area contributed by atoms with E-state index in [2.05, 4.69) is 23.5 Å². The van der Waals surface area contributed by atoms with E-state index in [1.54, 1.807) is 6.07 Å². The molecule has 1 N–H and O–H groups in total. The second-order valence-electron chi connectivity index (χ2n) is 5.35. The van der Waals surface area contributed by atoms with Gasteiger partial charge in [0.05, 0.1) is 20.6 Å². The Kier molecular flexibility index (Phi) is 6.01. The van der Waals surface area contributed by atoms with Crippen LogP contribution >= 0.6 is 23.2 Å². The number of halogens is 2. The summed E-state index contributed by atoms with van der Waals surface area (Å²) in [6.07, 6.45) is 0. The van der Waals surface area contributed by atoms with E-state index in [4.69, 9.17) is 23.2 Å². The van der Waals surface area contributed by atoms with Gasteiger partial charge in [0.2, 0.25) is 0 Å². The monoisotopic (exact) mass is 386 g/mol. The lowest BCUT2D eigenvalue weighted by Gasteiger charge is -2.22. The first kappa shape index (κ1) is 18.9. The van der Waals surface area contributed by atoms with Gasteiger partial charge in [0, 0.05) is 18.8 Å². The van der Waals surface area contributed by atoms with Crippen LogP contribution in [0.4, 0.5) is 11.4 Å². The Hall–Kier alpha value is -1.43. The van der Waals surface area contributed by atoms with Crippen LogP contribution in [0.15, 0.2) is 41.3 Å². The van der Waals surface area contributed by atoms with Gasteiger partial charge in [-0.2, -0.15) is 0 Å². The van der Waals surface area contributed by atoms with E-state index in [-0.39, 0.29) is 9.92 Å². The molecule has 0 aromatic heterocycles. The number of nitrogens with zero attached hydrogens (tertiary/aromatic N) is 1. The molecule has 0 aliphatic rings. The SMILES string of the molecule is CCN(CC)c1ccc(NS(=O)(=O)c2ccc(Cl)c(Cl)c2)c(C)c1. The average Bonchev–Trinajstić information content (AvgIpc) is 2.53. The average molecular weight is 387 g/mol. The van der Waals surface area contributed by atoms with E-state index in [9.17, 15) is 8.42 Å². The number of rotatable bonds is 6. The molecule has 0 heterocycles. The summed E-state index contributed by atoms with van der Waals surface area (Å²) >= 11 is 11.8. The molecule has 24 heavy (non-hydrogen) atoms. The molecular weight excluding hydrogens is 367 g/mol. The molecule has 0 amide bonds. The van der Waals surface area contributed by atoms with Crippen LogP contribution in [0.2, 0.25) is 10.0 Å². The predicted octanol–water partition coefficient (Wildman–Crippen LogP) is 4.95. The van der Waals surface area contributed by atoms with Gasteiger partial charge in [-0.1, -0.05) is 23.2 Å². The van der Waals surface area contributed by atoms with Gasteiger partial charge in [-0.25, -0.2) is 8.42 Å². The molecule has 0 aliphatic heterocycles. The van der Waals surface area contributed by atoms with Crippen molar-refractivity contribution in [3.8, 4) is 0 Å². The Morgan fingerprint density at radius 3 is 2.21 bits per heavy atom. The number of anilines is 2. The highest BCUT2D eigenvalue weighted by Crippen LogP contribution is 2.28. The molecule has 4 nitrogen and oxygen atoms in total. The van der Waals surface area contributed by atoms with Gasteiger partial charge in [0.15, 0.2) is 0 Å². The first-order valence-corrected chi connectivity index (χ1v) is 9.85. The van der Waals surface area contributed by atoms with E-state index in [0.29, 0.717) is 10.7 Å². The third-order valence-electron chi connectivity index (χ3n) is 3.78. The molecule has 0 fully saturated rings. The summed E-state index contributed by atoms with van der Waals surface area (Å²) in [5.41, 5.74) is 2.45. The van der Waals surface area contributed by atoms with Crippen molar-refractivity contribution in [3.63, 3.8) is 0 Å². The minimum Gasteiger partial charge on any atom is -0.372 e. The smallest absolute Gasteiger partial charge is 0.261 e. The Labute approximate surface area is 153 Å². The molecule has 7 heteroatoms. The van der Waals surface area contributed by atoms with E-state index >= 15 is 0 Å². The molecule has 0 unspecified atom stereocenters. The maximum atomic E-state index is 12.5. The first-order valence-electron chi connectivity index (χ1n) is 7.62. The normalized spacial score (nSPS) is 11.4. The van der Waals surface area contributed by atoms with E-state index in [1.165, 1.54) is 18.2 Å². The second kappa shape index (κ2) is 7.64. The lowest BCUT2D eigenvalue weighted by molar-refractivity contribution is 0.601. The van der Waals surface area contributed by atoms with Crippen LogP contribution in [0.1, 0.15) is 19.4 Å². The maximum Gasteiger partial charge on any atom is 0.261 e. The van der Waals surface area contributed by atoms with E-state index < -0.39 is 10.0 Å². The number of aryl methyl sites for hydroxylation is 1. The molecule has 2 aromatic carbocycles. The highest BCUT2D eigenvalue weighted by molar-refractivity contribution is 7.92. The Morgan fingerprint density at radius 2 is 1.67 bits per heavy atom. The molecule has 0 radical (unpaired) electrons. The molecular formula is C17H20Cl2N2O2S. The Morgan fingerprint density at radius 1 is 1.00 bits per heavy atom. The maximum absolute atomic E-state index is 12.5. The van der Waals surface area contributed by atoms with Crippen LogP contribution in [0.3, 0.4) is 0 Å². The minimum absolute atomic E-state index is 0.0733. The van der Waals surface area contributed by atoms with Gasteiger partial charge in [0.1, 0.15) is 0 Å². The summed E-state index contributed by atoms with van der Waals surface area (Å²) in [5, 5.41) is 0.517. The summed E-state index contributed by atoms with van der Waals surface area (Å²) in [6.45, 7) is 7.83. The van der Waals surface area contributed by atoms with Gasteiger partial charge < -0.3 is 4.90 Å². The van der Waals surface area contributed by atoms with Crippen LogP contribution in [-0.4, -0.2) is 21.5 Å². The summed E-state index contributed by atoms with van der Waals surface area (Å²) in [6, 6.07) is 9.89. The quantitative estimate of drug-likeness (QED) is 0.763. The highest BCUT2D eigenvalue weighted by Gasteiger charge is 2.17. The van der Waals surface area contributed by atoms with Gasteiger partial charge in [-0.05, 0) is 62.7 Å². The van der Waals surface area contributed by atoms with Crippen molar-refractivity contribution in [1.29, 1.82) is 0 Å². The summed E-state index contributed by atoms with van der Waals surface area (Å²) in [7, 11) is -3.73. The van der Waals surface area contributed by atoms with Crippen LogP contribution in [-0.2, 0) is 10.0 Å². The molecule has 0 bridgehead atoms. The fourth-order valence-electron chi connectivity index (χ4n) is 2.40. The standard InChI is InChI=1S/C17H20Cl2N2O2S/c1-4-21(5-2)13-6-9-17(12(3)10-13)20-24(22,23)14-7-8-15(18)16(19)11-14/h6-11,20H,4-5H2,1-3H3. The predicted molar refractivity (Wildman–Crippen MR) is 102 cm³/mol. The van der Waals surface area contributed by atoms with Crippen molar-refractivity contribution in [1.82, 2.24) is 0 Å². The molecule has 0 saturated carbocycles. The molecule has 0 atom stereocenters. The largest absolute Gasteiger partial charge is 0.372 e. The lowest BCUT2D eigenvalue weighted by Crippen LogP contribution is -2.22. The molecule has 2 aromatic rings. The van der Waals surface area contributed by atoms with Gasteiger partial charge >= 0.3 is 0 Å². The molecule has 0 aliphatic carbocycles. The van der Waals surface area contributed by atoms with E-state index in [0.717, 1.165) is 24.3 Å². The summed E-state index contributed by atoms with van der Waals surface area (Å²) < 4.78 is 27.7. The minimum atomic E-state index is -3.73. The number of hydrogen-bond acceptors (Lipinski definition) is 3. The van der Waals surface area contributed by atoms with Crippen molar-refractivity contribution < 1.29 is 8.42 Å². The Bertz CT molecular complexity index is 834. The number of sulfonamides is 1. The third kappa shape index (κ3) is 4.15. The molecule has 2 rings (SSSR count). The van der Waals surface area contributed by atoms with Gasteiger partial charge in [-0.15, -0.1) is 0 Å². The first-order chi connectivity index (χ1) is 11.3. The van der Waals surface area contributed by atoms with Crippen molar-refractivity contribution >= 4 is 44.6 Å². The van der Waals surface area contributed by atoms with Crippen LogP contribution in [0.5, 0.6) is 0 Å². The van der Waals surface area contributed by atoms with Crippen LogP contribution in [0.25, 0.3) is 0 Å². The summed E-state index contributed by atoms with van der Waals surface area (Å²) in [5.74, 6) is 0. The van der Waals surface area contributed by atoms with Crippen molar-refractivity contribution in [2.45, 2.75) is 25.7 Å². The topological polar surface area (TPSA) is 49.4 Å². The fourth-order valence-corrected chi connectivity index (χ4v) is 3.91. The van der Waals surface area contributed by atoms with Crippen molar-refractivity contribution in [3.05, 3.63) is 52.0 Å². The summed E-state index contributed by atoms with van der Waals surface area (Å²) in [4.78, 5) is 2.27. The van der Waals surface area contributed by atoms with E-state index in [1.807, 2.05) is 19.1 Å². The van der Waals surface area contributed by atoms with Crippen LogP contribution in [0, 0.1) is 6.92 Å². The zero-order valence-corrected chi connectivity index (χ0v) is 16.1. The van der Waals surface area contributed by atoms with Crippen molar-refractivity contribution in [2.24, 2.45) is 0 Å². The number of benzene rings is 2. The number of hydrogen-bond donors (Lipinski definition) is 1. The Balaban J connectivity index is 2.31. The lowest BCUT2D eigenvalue weighted by atomic mass is 10.1. The van der Waals surface area contributed by atoms with Crippen molar-refractivity contribution in [2.75, 3.05) is 22.7 Å². The van der Waals surface area contributed by atoms with Crippen LogP contribution < -0.4 is 9.62 Å². The number of nitrogens with one attached hydrogen (secondary N) is 1. The third-order valence-corrected chi connectivity index (χ3v) is 5.89. The molecule has 130 valence electrons. The molecule has 0 spiro atoms. The highest BCUT2D eigenvalue weighted by atomic mass is 35.5. The van der Waals surface area contributed by atoms with Gasteiger partial charge in [-0.3, -0.25) is 4.72 Å². The molecule has 0 saturated heterocycles. The zero-order valence-electron chi connectivity index (χ0n) is 13.8. The second-order valence-corrected chi connectivity index (χ2v) is 7.85. The zero-order chi connectivity index (χ0) is 17.9. The van der Waals surface area contributed by atoms with Gasteiger partial charge in [0.25, 0.3) is 10.0 Å². The fraction of sp³-hybridized carbons (Fsp3) is 0.294.